The van der Waals surface area contributed by atoms with E-state index >= 15 is 0 Å². The van der Waals surface area contributed by atoms with E-state index in [4.69, 9.17) is 33.2 Å². The van der Waals surface area contributed by atoms with Gasteiger partial charge in [0.1, 0.15) is 12.4 Å². The highest BCUT2D eigenvalue weighted by molar-refractivity contribution is 6.13. The predicted molar refractivity (Wildman–Crippen MR) is 187 cm³/mol. The smallest absolute Gasteiger partial charge is 0.333 e. The van der Waals surface area contributed by atoms with Crippen LogP contribution in [0, 0.1) is 0 Å². The van der Waals surface area contributed by atoms with Crippen LogP contribution in [0.15, 0.2) is 30.4 Å². The summed E-state index contributed by atoms with van der Waals surface area (Å²) in [6.07, 6.45) is -1.08. The number of anilines is 1. The van der Waals surface area contributed by atoms with Gasteiger partial charge in [-0.15, -0.1) is 0 Å². The van der Waals surface area contributed by atoms with Crippen molar-refractivity contribution >= 4 is 47.7 Å². The number of carbonyl (C=O) groups is 7. The first-order valence-corrected chi connectivity index (χ1v) is 17.6. The number of aliphatic hydroxyl groups excluding tert-OH is 1. The molecule has 0 aromatic heterocycles. The highest BCUT2D eigenvalue weighted by atomic mass is 16.7. The van der Waals surface area contributed by atoms with Gasteiger partial charge < -0.3 is 59.3 Å². The monoisotopic (exact) mass is 780 g/mol. The van der Waals surface area contributed by atoms with Crippen LogP contribution in [0.3, 0.4) is 0 Å². The molecule has 5 amide bonds. The first-order valence-electron chi connectivity index (χ1n) is 17.6. The summed E-state index contributed by atoms with van der Waals surface area (Å²) in [5.74, 6) is -3.05. The van der Waals surface area contributed by atoms with E-state index in [2.05, 4.69) is 16.0 Å². The number of ether oxygens (including phenoxy) is 7. The number of aliphatic carboxylic acids is 1. The Labute approximate surface area is 316 Å². The number of carboxylic acid groups (broad SMARTS) is 1. The molecule has 0 aliphatic carbocycles. The van der Waals surface area contributed by atoms with Crippen LogP contribution in [-0.2, 0) is 68.6 Å². The van der Waals surface area contributed by atoms with E-state index in [-0.39, 0.29) is 108 Å². The lowest BCUT2D eigenvalue weighted by Gasteiger charge is -2.31. The fourth-order valence-electron chi connectivity index (χ4n) is 4.99. The Hall–Kier alpha value is -4.99. The molecule has 304 valence electrons. The quantitative estimate of drug-likeness (QED) is 0.0389. The lowest BCUT2D eigenvalue weighted by molar-refractivity contribution is -0.195. The molecule has 3 atom stereocenters. The van der Waals surface area contributed by atoms with E-state index in [9.17, 15) is 43.8 Å². The van der Waals surface area contributed by atoms with Crippen LogP contribution in [0.4, 0.5) is 5.69 Å². The summed E-state index contributed by atoms with van der Waals surface area (Å²) in [4.78, 5) is 82.6. The Balaban J connectivity index is 1.17. The van der Waals surface area contributed by atoms with Gasteiger partial charge in [0.05, 0.1) is 64.6 Å². The topological polar surface area (TPSA) is 264 Å². The SMILES string of the molecule is O=COCc1ccc(OC2CC(O)CC(C(=O)O)O2)c(NC(=O)CCNC(=O)CCOCCOCCOCCOCCNC(=O)CCN2C(=O)C=CC2=O)c1. The fourth-order valence-corrected chi connectivity index (χ4v) is 4.99. The van der Waals surface area contributed by atoms with Gasteiger partial charge in [0, 0.05) is 63.9 Å². The number of nitrogens with zero attached hydrogens (tertiary/aromatic N) is 1. The van der Waals surface area contributed by atoms with Gasteiger partial charge in [-0.05, 0) is 17.7 Å². The van der Waals surface area contributed by atoms with Crippen LogP contribution in [0.5, 0.6) is 5.75 Å². The second-order valence-corrected chi connectivity index (χ2v) is 12.0. The van der Waals surface area contributed by atoms with Crippen LogP contribution in [0.1, 0.15) is 37.7 Å². The van der Waals surface area contributed by atoms with Crippen LogP contribution >= 0.6 is 0 Å². The van der Waals surface area contributed by atoms with Crippen molar-refractivity contribution in [2.75, 3.05) is 77.8 Å². The second kappa shape index (κ2) is 25.2. The molecule has 55 heavy (non-hydrogen) atoms. The first-order chi connectivity index (χ1) is 26.5. The van der Waals surface area contributed by atoms with Crippen molar-refractivity contribution in [3.8, 4) is 5.75 Å². The van der Waals surface area contributed by atoms with Crippen LogP contribution in [0.25, 0.3) is 0 Å². The molecule has 2 aliphatic rings. The molecule has 1 aromatic rings. The normalized spacial score (nSPS) is 17.8. The van der Waals surface area contributed by atoms with Crippen molar-refractivity contribution in [1.82, 2.24) is 15.5 Å². The maximum absolute atomic E-state index is 12.7. The zero-order valence-electron chi connectivity index (χ0n) is 30.3. The summed E-state index contributed by atoms with van der Waals surface area (Å²) in [5.41, 5.74) is 0.718. The molecule has 0 spiro atoms. The lowest BCUT2D eigenvalue weighted by Crippen LogP contribution is -2.42. The number of benzene rings is 1. The lowest BCUT2D eigenvalue weighted by atomic mass is 10.1. The van der Waals surface area contributed by atoms with Crippen LogP contribution in [0.2, 0.25) is 0 Å². The van der Waals surface area contributed by atoms with Gasteiger partial charge >= 0.3 is 5.97 Å². The van der Waals surface area contributed by atoms with E-state index < -0.39 is 42.2 Å². The summed E-state index contributed by atoms with van der Waals surface area (Å²) in [6, 6.07) is 4.58. The zero-order chi connectivity index (χ0) is 39.8. The van der Waals surface area contributed by atoms with E-state index in [1.807, 2.05) is 0 Å². The molecule has 1 aromatic carbocycles. The molecule has 2 aliphatic heterocycles. The van der Waals surface area contributed by atoms with Crippen LogP contribution < -0.4 is 20.7 Å². The molecule has 20 nitrogen and oxygen atoms in total. The predicted octanol–water partition coefficient (Wildman–Crippen LogP) is -0.978. The largest absolute Gasteiger partial charge is 0.479 e. The van der Waals surface area contributed by atoms with Gasteiger partial charge in [0.15, 0.2) is 6.10 Å². The van der Waals surface area contributed by atoms with Gasteiger partial charge in [0.25, 0.3) is 18.3 Å². The minimum absolute atomic E-state index is 0.00751. The summed E-state index contributed by atoms with van der Waals surface area (Å²) < 4.78 is 37.6. The Morgan fingerprint density at radius 2 is 1.42 bits per heavy atom. The number of aliphatic hydroxyl groups is 1. The van der Waals surface area contributed by atoms with Gasteiger partial charge in [-0.1, -0.05) is 6.07 Å². The maximum atomic E-state index is 12.7. The Morgan fingerprint density at radius 1 is 0.800 bits per heavy atom. The van der Waals surface area contributed by atoms with Crippen molar-refractivity contribution < 1.29 is 76.9 Å². The highest BCUT2D eigenvalue weighted by Gasteiger charge is 2.34. The molecule has 20 heteroatoms. The van der Waals surface area contributed by atoms with Gasteiger partial charge in [-0.3, -0.25) is 33.7 Å². The van der Waals surface area contributed by atoms with Gasteiger partial charge in [-0.25, -0.2) is 4.79 Å². The number of carbonyl (C=O) groups excluding carboxylic acids is 6. The summed E-state index contributed by atoms with van der Waals surface area (Å²) in [6.45, 7) is 2.80. The number of hydrogen-bond acceptors (Lipinski definition) is 15. The zero-order valence-corrected chi connectivity index (χ0v) is 30.3. The van der Waals surface area contributed by atoms with E-state index in [0.717, 1.165) is 4.90 Å². The average molecular weight is 781 g/mol. The molecule has 0 saturated carbocycles. The third-order valence-electron chi connectivity index (χ3n) is 7.73. The highest BCUT2D eigenvalue weighted by Crippen LogP contribution is 2.30. The fraction of sp³-hybridized carbons (Fsp3) is 0.571. The molecule has 5 N–H and O–H groups in total. The molecule has 3 unspecified atom stereocenters. The Morgan fingerprint density at radius 3 is 2.07 bits per heavy atom. The minimum atomic E-state index is -1.26. The molecular weight excluding hydrogens is 732 g/mol. The summed E-state index contributed by atoms with van der Waals surface area (Å²) in [5, 5.41) is 27.3. The van der Waals surface area contributed by atoms with Crippen molar-refractivity contribution in [2.45, 2.75) is 57.2 Å². The second-order valence-electron chi connectivity index (χ2n) is 12.0. The number of imide groups is 1. The van der Waals surface area contributed by atoms with E-state index in [0.29, 0.717) is 38.6 Å². The standard InChI is InChI=1S/C35H48N4O16/c40-23-53-22-24-1-2-27(54-34-21-25(41)20-28(55-34)35(47)48)26(19-24)38-31(44)5-8-36-30(43)7-11-49-13-15-51-17-18-52-16-14-50-12-9-37-29(42)6-10-39-32(45)3-4-33(39)46/h1-4,19,23,25,28,34,41H,5-18,20-22H2,(H,36,43)(H,37,42)(H,38,44)(H,47,48). The minimum Gasteiger partial charge on any atom is -0.479 e. The maximum Gasteiger partial charge on any atom is 0.333 e. The third kappa shape index (κ3) is 17.8. The van der Waals surface area contributed by atoms with Gasteiger partial charge in [0.2, 0.25) is 24.0 Å². The molecule has 0 bridgehead atoms. The number of hydrogen-bond donors (Lipinski definition) is 5. The number of amides is 5. The van der Waals surface area contributed by atoms with Gasteiger partial charge in [-0.2, -0.15) is 0 Å². The number of carboxylic acids is 1. The van der Waals surface area contributed by atoms with Crippen molar-refractivity contribution in [1.29, 1.82) is 0 Å². The van der Waals surface area contributed by atoms with Crippen molar-refractivity contribution in [3.63, 3.8) is 0 Å². The average Bonchev–Trinajstić information content (AvgIpc) is 3.47. The molecule has 1 saturated heterocycles. The van der Waals surface area contributed by atoms with Crippen molar-refractivity contribution in [2.24, 2.45) is 0 Å². The first kappa shape index (κ1) is 44.4. The third-order valence-corrected chi connectivity index (χ3v) is 7.73. The Bertz CT molecular complexity index is 1460. The molecule has 1 fully saturated rings. The molecule has 0 radical (unpaired) electrons. The number of rotatable bonds is 28. The van der Waals surface area contributed by atoms with Crippen molar-refractivity contribution in [3.05, 3.63) is 35.9 Å². The number of nitrogens with one attached hydrogen (secondary N) is 3. The molecular formula is C35H48N4O16. The van der Waals surface area contributed by atoms with E-state index in [1.54, 1.807) is 6.07 Å². The van der Waals surface area contributed by atoms with Crippen LogP contribution in [-0.4, -0.2) is 148 Å². The van der Waals surface area contributed by atoms with E-state index in [1.165, 1.54) is 24.3 Å². The molecule has 2 heterocycles. The molecule has 3 rings (SSSR count). The summed E-state index contributed by atoms with van der Waals surface area (Å²) >= 11 is 0. The Kier molecular flexibility index (Phi) is 20.3. The summed E-state index contributed by atoms with van der Waals surface area (Å²) in [7, 11) is 0.